The molecule has 2 aromatic rings. The molecule has 1 aliphatic heterocycles. The molecule has 0 bridgehead atoms. The van der Waals surface area contributed by atoms with E-state index in [0.29, 0.717) is 24.5 Å². The number of fused-ring (bicyclic) bond motifs is 1. The summed E-state index contributed by atoms with van der Waals surface area (Å²) in [6.07, 6.45) is 1.50. The number of ether oxygens (including phenoxy) is 1. The maximum absolute atomic E-state index is 11.1. The third kappa shape index (κ3) is 2.83. The molecule has 1 unspecified atom stereocenters. The summed E-state index contributed by atoms with van der Waals surface area (Å²) >= 11 is 5.95. The van der Waals surface area contributed by atoms with E-state index >= 15 is 0 Å². The van der Waals surface area contributed by atoms with E-state index in [0.717, 1.165) is 12.2 Å². The third-order valence-corrected chi connectivity index (χ3v) is 3.63. The lowest BCUT2D eigenvalue weighted by atomic mass is 10.1. The van der Waals surface area contributed by atoms with E-state index in [-0.39, 0.29) is 16.8 Å². The van der Waals surface area contributed by atoms with Gasteiger partial charge in [-0.2, -0.15) is 0 Å². The maximum Gasteiger partial charge on any atom is 0.156 e. The van der Waals surface area contributed by atoms with Crippen LogP contribution in [0.2, 0.25) is 5.15 Å². The lowest BCUT2D eigenvalue weighted by Crippen LogP contribution is -2.25. The highest BCUT2D eigenvalue weighted by Crippen LogP contribution is 2.28. The van der Waals surface area contributed by atoms with Crippen molar-refractivity contribution in [3.63, 3.8) is 0 Å². The molecule has 1 aliphatic rings. The fraction of sp³-hybridized carbons (Fsp3) is 0.267. The molecule has 1 atom stereocenters. The summed E-state index contributed by atoms with van der Waals surface area (Å²) < 4.78 is 5.84. The van der Waals surface area contributed by atoms with Crippen molar-refractivity contribution in [1.29, 1.82) is 0 Å². The van der Waals surface area contributed by atoms with Crippen molar-refractivity contribution in [3.8, 4) is 5.75 Å². The van der Waals surface area contributed by atoms with Crippen molar-refractivity contribution < 1.29 is 9.53 Å². The molecule has 6 heteroatoms. The number of halogens is 1. The molecular formula is C15H14ClN3O2. The van der Waals surface area contributed by atoms with Gasteiger partial charge in [0.05, 0.1) is 12.1 Å². The maximum atomic E-state index is 11.1. The van der Waals surface area contributed by atoms with Gasteiger partial charge in [0, 0.05) is 6.42 Å². The molecule has 2 heterocycles. The Morgan fingerprint density at radius 1 is 1.43 bits per heavy atom. The number of aryl methyl sites for hydroxylation is 1. The number of nitrogens with zero attached hydrogens (tertiary/aromatic N) is 2. The van der Waals surface area contributed by atoms with Crippen LogP contribution in [-0.4, -0.2) is 28.9 Å². The number of hydrogen-bond donors (Lipinski definition) is 1. The number of carbonyl (C=O) groups is 1. The van der Waals surface area contributed by atoms with Gasteiger partial charge in [0.2, 0.25) is 0 Å². The summed E-state index contributed by atoms with van der Waals surface area (Å²) in [4.78, 5) is 19.3. The predicted molar refractivity (Wildman–Crippen MR) is 80.2 cm³/mol. The van der Waals surface area contributed by atoms with Gasteiger partial charge in [0.25, 0.3) is 0 Å². The molecule has 1 aromatic heterocycles. The minimum atomic E-state index is 0.0101. The van der Waals surface area contributed by atoms with E-state index in [4.69, 9.17) is 16.3 Å². The second-order valence-corrected chi connectivity index (χ2v) is 5.23. The van der Waals surface area contributed by atoms with Crippen molar-refractivity contribution in [2.75, 3.05) is 11.9 Å². The van der Waals surface area contributed by atoms with Gasteiger partial charge in [-0.15, -0.1) is 0 Å². The van der Waals surface area contributed by atoms with Crippen LogP contribution in [0, 0.1) is 6.92 Å². The standard InChI is InChI=1S/C15H14ClN3O2/c1-9-18-14(16)12(8-20)15(19-9)17-7-11-6-10-4-2-3-5-13(10)21-11/h2-5,8,11H,6-7H2,1H3,(H,17,18,19). The molecule has 21 heavy (non-hydrogen) atoms. The average Bonchev–Trinajstić information content (AvgIpc) is 2.87. The molecule has 3 rings (SSSR count). The monoisotopic (exact) mass is 303 g/mol. The molecule has 5 nitrogen and oxygen atoms in total. The molecule has 0 spiro atoms. The van der Waals surface area contributed by atoms with E-state index in [1.807, 2.05) is 18.2 Å². The first-order chi connectivity index (χ1) is 10.2. The van der Waals surface area contributed by atoms with Crippen molar-refractivity contribution in [1.82, 2.24) is 9.97 Å². The number of carbonyl (C=O) groups excluding carboxylic acids is 1. The van der Waals surface area contributed by atoms with Crippen LogP contribution in [0.15, 0.2) is 24.3 Å². The van der Waals surface area contributed by atoms with Crippen LogP contribution in [0.4, 0.5) is 5.82 Å². The summed E-state index contributed by atoms with van der Waals surface area (Å²) in [5, 5.41) is 3.29. The summed E-state index contributed by atoms with van der Waals surface area (Å²) in [5.74, 6) is 1.88. The van der Waals surface area contributed by atoms with Gasteiger partial charge in [-0.3, -0.25) is 4.79 Å². The molecule has 0 aliphatic carbocycles. The molecule has 0 radical (unpaired) electrons. The number of anilines is 1. The van der Waals surface area contributed by atoms with Gasteiger partial charge in [-0.1, -0.05) is 29.8 Å². The molecular weight excluding hydrogens is 290 g/mol. The van der Waals surface area contributed by atoms with Gasteiger partial charge in [-0.25, -0.2) is 9.97 Å². The Balaban J connectivity index is 1.71. The van der Waals surface area contributed by atoms with Crippen LogP contribution in [0.5, 0.6) is 5.75 Å². The first kappa shape index (κ1) is 13.8. The number of para-hydroxylation sites is 1. The number of rotatable bonds is 4. The van der Waals surface area contributed by atoms with Crippen molar-refractivity contribution in [2.45, 2.75) is 19.4 Å². The molecule has 108 valence electrons. The smallest absolute Gasteiger partial charge is 0.156 e. The highest BCUT2D eigenvalue weighted by Gasteiger charge is 2.22. The first-order valence-corrected chi connectivity index (χ1v) is 7.03. The van der Waals surface area contributed by atoms with Crippen molar-refractivity contribution >= 4 is 23.7 Å². The molecule has 0 saturated carbocycles. The zero-order valence-corrected chi connectivity index (χ0v) is 12.2. The first-order valence-electron chi connectivity index (χ1n) is 6.65. The minimum Gasteiger partial charge on any atom is -0.488 e. The Bertz CT molecular complexity index is 666. The van der Waals surface area contributed by atoms with E-state index in [1.54, 1.807) is 6.92 Å². The average molecular weight is 304 g/mol. The summed E-state index contributed by atoms with van der Waals surface area (Å²) in [5.41, 5.74) is 1.47. The highest BCUT2D eigenvalue weighted by molar-refractivity contribution is 6.32. The van der Waals surface area contributed by atoms with Crippen LogP contribution in [0.25, 0.3) is 0 Å². The lowest BCUT2D eigenvalue weighted by molar-refractivity contribution is 0.112. The Labute approximate surface area is 127 Å². The molecule has 1 aromatic carbocycles. The molecule has 0 amide bonds. The summed E-state index contributed by atoms with van der Waals surface area (Å²) in [6.45, 7) is 2.27. The van der Waals surface area contributed by atoms with Crippen molar-refractivity contribution in [2.24, 2.45) is 0 Å². The van der Waals surface area contributed by atoms with Crippen LogP contribution in [0.3, 0.4) is 0 Å². The number of benzene rings is 1. The van der Waals surface area contributed by atoms with E-state index < -0.39 is 0 Å². The van der Waals surface area contributed by atoms with Crippen molar-refractivity contribution in [3.05, 3.63) is 46.4 Å². The Hall–Kier alpha value is -2.14. The quantitative estimate of drug-likeness (QED) is 0.695. The Morgan fingerprint density at radius 2 is 2.24 bits per heavy atom. The number of aromatic nitrogens is 2. The van der Waals surface area contributed by atoms with Gasteiger partial charge < -0.3 is 10.1 Å². The van der Waals surface area contributed by atoms with Crippen LogP contribution in [-0.2, 0) is 6.42 Å². The van der Waals surface area contributed by atoms with Gasteiger partial charge in [-0.05, 0) is 18.6 Å². The molecule has 0 saturated heterocycles. The SMILES string of the molecule is Cc1nc(Cl)c(C=O)c(NCC2Cc3ccccc3O2)n1. The van der Waals surface area contributed by atoms with E-state index in [2.05, 4.69) is 21.4 Å². The molecule has 1 N–H and O–H groups in total. The predicted octanol–water partition coefficient (Wildman–Crippen LogP) is 2.67. The minimum absolute atomic E-state index is 0.0101. The Kier molecular flexibility index (Phi) is 3.75. The van der Waals surface area contributed by atoms with Gasteiger partial charge >= 0.3 is 0 Å². The van der Waals surface area contributed by atoms with Gasteiger partial charge in [0.1, 0.15) is 28.6 Å². The largest absolute Gasteiger partial charge is 0.488 e. The number of aldehydes is 1. The van der Waals surface area contributed by atoms with Crippen LogP contribution >= 0.6 is 11.6 Å². The zero-order valence-electron chi connectivity index (χ0n) is 11.5. The summed E-state index contributed by atoms with van der Waals surface area (Å²) in [7, 11) is 0. The highest BCUT2D eigenvalue weighted by atomic mass is 35.5. The van der Waals surface area contributed by atoms with E-state index in [9.17, 15) is 4.79 Å². The second-order valence-electron chi connectivity index (χ2n) is 4.87. The van der Waals surface area contributed by atoms with Gasteiger partial charge in [0.15, 0.2) is 6.29 Å². The fourth-order valence-electron chi connectivity index (χ4n) is 2.36. The number of nitrogens with one attached hydrogen (secondary N) is 1. The topological polar surface area (TPSA) is 64.1 Å². The van der Waals surface area contributed by atoms with Crippen LogP contribution < -0.4 is 10.1 Å². The normalized spacial score (nSPS) is 16.2. The third-order valence-electron chi connectivity index (χ3n) is 3.34. The fourth-order valence-corrected chi connectivity index (χ4v) is 2.62. The number of hydrogen-bond acceptors (Lipinski definition) is 5. The molecule has 0 fully saturated rings. The lowest BCUT2D eigenvalue weighted by Gasteiger charge is -2.14. The summed E-state index contributed by atoms with van der Waals surface area (Å²) in [6, 6.07) is 7.96. The Morgan fingerprint density at radius 3 is 3.00 bits per heavy atom. The van der Waals surface area contributed by atoms with Crippen LogP contribution in [0.1, 0.15) is 21.7 Å². The zero-order chi connectivity index (χ0) is 14.8. The second kappa shape index (κ2) is 5.69. The van der Waals surface area contributed by atoms with E-state index in [1.165, 1.54) is 5.56 Å².